The van der Waals surface area contributed by atoms with Crippen molar-refractivity contribution >= 4 is 28.4 Å². The molecule has 1 N–H and O–H groups in total. The summed E-state index contributed by atoms with van der Waals surface area (Å²) in [5.41, 5.74) is 3.88. The summed E-state index contributed by atoms with van der Waals surface area (Å²) in [6.07, 6.45) is 4.56. The van der Waals surface area contributed by atoms with E-state index in [-0.39, 0.29) is 5.78 Å². The lowest BCUT2D eigenvalue weighted by molar-refractivity contribution is 0.0991. The van der Waals surface area contributed by atoms with Gasteiger partial charge in [0.25, 0.3) is 0 Å². The third-order valence-electron chi connectivity index (χ3n) is 5.23. The molecule has 0 aliphatic rings. The maximum Gasteiger partial charge on any atom is 0.192 e. The zero-order chi connectivity index (χ0) is 21.1. The number of ketones is 1. The van der Waals surface area contributed by atoms with Crippen LogP contribution in [0.25, 0.3) is 10.9 Å². The SMILES string of the molecule is C=CCn1c(C)nnc1S[C@H](C(=O)c1c[nH]c2c(CC)cccc12)c1ccccc1. The number of benzene rings is 2. The van der Waals surface area contributed by atoms with Crippen molar-refractivity contribution in [1.82, 2.24) is 19.7 Å². The minimum atomic E-state index is -0.428. The van der Waals surface area contributed by atoms with Gasteiger partial charge in [0.15, 0.2) is 10.9 Å². The van der Waals surface area contributed by atoms with Crippen LogP contribution in [0.5, 0.6) is 0 Å². The molecular formula is C24H24N4OS. The molecular weight excluding hydrogens is 392 g/mol. The lowest BCUT2D eigenvalue weighted by atomic mass is 10.0. The summed E-state index contributed by atoms with van der Waals surface area (Å²) < 4.78 is 1.98. The summed E-state index contributed by atoms with van der Waals surface area (Å²) >= 11 is 1.43. The van der Waals surface area contributed by atoms with Gasteiger partial charge in [-0.15, -0.1) is 16.8 Å². The van der Waals surface area contributed by atoms with Gasteiger partial charge < -0.3 is 9.55 Å². The average Bonchev–Trinajstić information content (AvgIpc) is 3.36. The number of nitrogens with one attached hydrogen (secondary N) is 1. The largest absolute Gasteiger partial charge is 0.360 e. The standard InChI is InChI=1S/C24H24N4OS/c1-4-14-28-16(3)26-27-24(28)30-23(18-10-7-6-8-11-18)22(29)20-15-25-21-17(5-2)12-9-13-19(20)21/h4,6-13,15,23,25H,1,5,14H2,2-3H3/t23-/m0/s1. The van der Waals surface area contributed by atoms with Gasteiger partial charge in [0, 0.05) is 29.2 Å². The highest BCUT2D eigenvalue weighted by atomic mass is 32.2. The fourth-order valence-electron chi connectivity index (χ4n) is 3.65. The number of hydrogen-bond acceptors (Lipinski definition) is 4. The summed E-state index contributed by atoms with van der Waals surface area (Å²) in [6.45, 7) is 8.45. The summed E-state index contributed by atoms with van der Waals surface area (Å²) in [7, 11) is 0. The van der Waals surface area contributed by atoms with Gasteiger partial charge in [-0.05, 0) is 24.5 Å². The van der Waals surface area contributed by atoms with Crippen LogP contribution in [0.15, 0.2) is 72.5 Å². The van der Waals surface area contributed by atoms with Crippen LogP contribution in [-0.4, -0.2) is 25.5 Å². The first-order valence-electron chi connectivity index (χ1n) is 9.99. The number of aromatic nitrogens is 4. The van der Waals surface area contributed by atoms with E-state index in [4.69, 9.17) is 0 Å². The van der Waals surface area contributed by atoms with E-state index in [9.17, 15) is 4.79 Å². The minimum Gasteiger partial charge on any atom is -0.360 e. The molecule has 0 bridgehead atoms. The Kier molecular flexibility index (Phi) is 5.86. The predicted octanol–water partition coefficient (Wildman–Crippen LogP) is 5.53. The highest BCUT2D eigenvalue weighted by molar-refractivity contribution is 8.00. The number of H-pyrrole nitrogens is 1. The smallest absolute Gasteiger partial charge is 0.192 e. The number of rotatable bonds is 8. The van der Waals surface area contributed by atoms with E-state index in [0.717, 1.165) is 28.7 Å². The second-order valence-electron chi connectivity index (χ2n) is 7.10. The number of para-hydroxylation sites is 1. The fraction of sp³-hybridized carbons (Fsp3) is 0.208. The highest BCUT2D eigenvalue weighted by Gasteiger charge is 2.28. The highest BCUT2D eigenvalue weighted by Crippen LogP contribution is 2.38. The lowest BCUT2D eigenvalue weighted by Gasteiger charge is -2.16. The zero-order valence-electron chi connectivity index (χ0n) is 17.1. The summed E-state index contributed by atoms with van der Waals surface area (Å²) in [5.74, 6) is 0.854. The number of hydrogen-bond donors (Lipinski definition) is 1. The van der Waals surface area contributed by atoms with Crippen LogP contribution >= 0.6 is 11.8 Å². The Hall–Kier alpha value is -3.12. The Bertz CT molecular complexity index is 1190. The topological polar surface area (TPSA) is 63.6 Å². The third kappa shape index (κ3) is 3.71. The van der Waals surface area contributed by atoms with Gasteiger partial charge in [-0.3, -0.25) is 4.79 Å². The van der Waals surface area contributed by atoms with Gasteiger partial charge in [0.1, 0.15) is 11.1 Å². The fourth-order valence-corrected chi connectivity index (χ4v) is 4.81. The quantitative estimate of drug-likeness (QED) is 0.233. The Morgan fingerprint density at radius 1 is 1.20 bits per heavy atom. The molecule has 152 valence electrons. The van der Waals surface area contributed by atoms with Gasteiger partial charge in [-0.25, -0.2) is 0 Å². The second kappa shape index (κ2) is 8.71. The first-order chi connectivity index (χ1) is 14.6. The number of aromatic amines is 1. The van der Waals surface area contributed by atoms with Gasteiger partial charge in [0.05, 0.1) is 0 Å². The van der Waals surface area contributed by atoms with Crippen LogP contribution in [0.3, 0.4) is 0 Å². The van der Waals surface area contributed by atoms with Crippen molar-refractivity contribution in [3.05, 3.63) is 89.9 Å². The molecule has 0 saturated carbocycles. The van der Waals surface area contributed by atoms with Crippen LogP contribution in [0, 0.1) is 6.92 Å². The number of carbonyl (C=O) groups excluding carboxylic acids is 1. The third-order valence-corrected chi connectivity index (χ3v) is 6.46. The average molecular weight is 417 g/mol. The maximum absolute atomic E-state index is 13.8. The molecule has 0 saturated heterocycles. The number of carbonyl (C=O) groups is 1. The lowest BCUT2D eigenvalue weighted by Crippen LogP contribution is -2.11. The zero-order valence-corrected chi connectivity index (χ0v) is 17.9. The maximum atomic E-state index is 13.8. The Balaban J connectivity index is 1.78. The molecule has 0 radical (unpaired) electrons. The normalized spacial score (nSPS) is 12.2. The molecule has 6 heteroatoms. The van der Waals surface area contributed by atoms with Crippen LogP contribution in [0.2, 0.25) is 0 Å². The molecule has 4 aromatic rings. The van der Waals surface area contributed by atoms with Crippen molar-refractivity contribution in [2.24, 2.45) is 0 Å². The second-order valence-corrected chi connectivity index (χ2v) is 8.17. The molecule has 2 aromatic heterocycles. The Morgan fingerprint density at radius 3 is 2.73 bits per heavy atom. The van der Waals surface area contributed by atoms with E-state index < -0.39 is 5.25 Å². The molecule has 0 unspecified atom stereocenters. The molecule has 5 nitrogen and oxygen atoms in total. The Labute approximate surface area is 180 Å². The van der Waals surface area contributed by atoms with Gasteiger partial charge >= 0.3 is 0 Å². The van der Waals surface area contributed by atoms with Gasteiger partial charge in [-0.2, -0.15) is 0 Å². The summed E-state index contributed by atoms with van der Waals surface area (Å²) in [4.78, 5) is 17.1. The number of allylic oxidation sites excluding steroid dienone is 1. The van der Waals surface area contributed by atoms with Crippen molar-refractivity contribution in [3.8, 4) is 0 Å². The number of Topliss-reactive ketones (excluding diaryl/α,β-unsaturated/α-hetero) is 1. The summed E-state index contributed by atoms with van der Waals surface area (Å²) in [6, 6.07) is 16.0. The number of fused-ring (bicyclic) bond motifs is 1. The van der Waals surface area contributed by atoms with Crippen molar-refractivity contribution in [2.75, 3.05) is 0 Å². The van der Waals surface area contributed by atoms with E-state index in [2.05, 4.69) is 34.8 Å². The monoisotopic (exact) mass is 416 g/mol. The number of thioether (sulfide) groups is 1. The van der Waals surface area contributed by atoms with Crippen molar-refractivity contribution in [1.29, 1.82) is 0 Å². The van der Waals surface area contributed by atoms with Crippen molar-refractivity contribution in [3.63, 3.8) is 0 Å². The molecule has 30 heavy (non-hydrogen) atoms. The summed E-state index contributed by atoms with van der Waals surface area (Å²) in [5, 5.41) is 9.77. The molecule has 2 aromatic carbocycles. The van der Waals surface area contributed by atoms with E-state index >= 15 is 0 Å². The van der Waals surface area contributed by atoms with Gasteiger partial charge in [-0.1, -0.05) is 73.3 Å². The number of nitrogens with zero attached hydrogens (tertiary/aromatic N) is 3. The van der Waals surface area contributed by atoms with Crippen molar-refractivity contribution in [2.45, 2.75) is 37.2 Å². The van der Waals surface area contributed by atoms with E-state index in [1.165, 1.54) is 17.3 Å². The molecule has 0 amide bonds. The number of aryl methyl sites for hydroxylation is 2. The molecule has 0 spiro atoms. The predicted molar refractivity (Wildman–Crippen MR) is 122 cm³/mol. The molecule has 2 heterocycles. The Morgan fingerprint density at radius 2 is 2.00 bits per heavy atom. The van der Waals surface area contributed by atoms with Crippen LogP contribution in [-0.2, 0) is 13.0 Å². The van der Waals surface area contributed by atoms with Crippen LogP contribution in [0.4, 0.5) is 0 Å². The van der Waals surface area contributed by atoms with E-state index in [1.54, 1.807) is 0 Å². The minimum absolute atomic E-state index is 0.0523. The molecule has 0 fully saturated rings. The molecule has 0 aliphatic heterocycles. The van der Waals surface area contributed by atoms with E-state index in [1.807, 2.05) is 66.2 Å². The first kappa shape index (κ1) is 20.2. The first-order valence-corrected chi connectivity index (χ1v) is 10.9. The molecule has 4 rings (SSSR count). The molecule has 0 aliphatic carbocycles. The molecule has 1 atom stereocenters. The van der Waals surface area contributed by atoms with Crippen molar-refractivity contribution < 1.29 is 4.79 Å². The van der Waals surface area contributed by atoms with Gasteiger partial charge in [0.2, 0.25) is 0 Å². The van der Waals surface area contributed by atoms with Crippen LogP contribution < -0.4 is 0 Å². The van der Waals surface area contributed by atoms with Crippen LogP contribution in [0.1, 0.15) is 39.5 Å². The van der Waals surface area contributed by atoms with E-state index in [0.29, 0.717) is 17.3 Å².